The van der Waals surface area contributed by atoms with Crippen molar-refractivity contribution in [3.8, 4) is 0 Å². The summed E-state index contributed by atoms with van der Waals surface area (Å²) in [6, 6.07) is 0. The van der Waals surface area contributed by atoms with Crippen LogP contribution >= 0.6 is 0 Å². The number of hydrogen-bond acceptors (Lipinski definition) is 3. The predicted molar refractivity (Wildman–Crippen MR) is 73.4 cm³/mol. The number of likely N-dealkylation sites (tertiary alicyclic amines) is 1. The van der Waals surface area contributed by atoms with Crippen molar-refractivity contribution in [1.82, 2.24) is 14.7 Å². The standard InChI is InChI=1S/C14H21N3O3/c1-9(2)14(13(19)20)5-6-17(8-14)12(18)11-7-15-16(4)10(11)3/h7,9H,5-6,8H2,1-4H3,(H,19,20). The number of rotatable bonds is 3. The third kappa shape index (κ3) is 2.09. The van der Waals surface area contributed by atoms with Crippen LogP contribution in [0.2, 0.25) is 0 Å². The van der Waals surface area contributed by atoms with E-state index >= 15 is 0 Å². The van der Waals surface area contributed by atoms with Gasteiger partial charge in [0, 0.05) is 25.8 Å². The Kier molecular flexibility index (Phi) is 3.58. The molecule has 110 valence electrons. The summed E-state index contributed by atoms with van der Waals surface area (Å²) in [4.78, 5) is 25.7. The fourth-order valence-corrected chi connectivity index (χ4v) is 2.78. The normalized spacial score (nSPS) is 22.6. The Labute approximate surface area is 118 Å². The van der Waals surface area contributed by atoms with E-state index in [1.54, 1.807) is 22.8 Å². The molecule has 6 nitrogen and oxygen atoms in total. The first kappa shape index (κ1) is 14.6. The molecule has 1 atom stereocenters. The van der Waals surface area contributed by atoms with Crippen molar-refractivity contribution in [2.75, 3.05) is 13.1 Å². The summed E-state index contributed by atoms with van der Waals surface area (Å²) < 4.78 is 1.65. The highest BCUT2D eigenvalue weighted by Crippen LogP contribution is 2.38. The minimum atomic E-state index is -0.828. The van der Waals surface area contributed by atoms with E-state index in [0.29, 0.717) is 18.5 Å². The van der Waals surface area contributed by atoms with E-state index in [-0.39, 0.29) is 18.4 Å². The van der Waals surface area contributed by atoms with Gasteiger partial charge < -0.3 is 10.0 Å². The summed E-state index contributed by atoms with van der Waals surface area (Å²) in [5.74, 6) is -0.946. The number of carboxylic acid groups (broad SMARTS) is 1. The zero-order valence-electron chi connectivity index (χ0n) is 12.4. The Morgan fingerprint density at radius 3 is 2.50 bits per heavy atom. The molecule has 1 aromatic rings. The number of amides is 1. The third-order valence-electron chi connectivity index (χ3n) is 4.58. The van der Waals surface area contributed by atoms with E-state index in [9.17, 15) is 14.7 Å². The molecule has 6 heteroatoms. The van der Waals surface area contributed by atoms with Gasteiger partial charge in [-0.1, -0.05) is 13.8 Å². The van der Waals surface area contributed by atoms with E-state index in [2.05, 4.69) is 5.10 Å². The predicted octanol–water partition coefficient (Wildman–Crippen LogP) is 1.30. The maximum Gasteiger partial charge on any atom is 0.311 e. The van der Waals surface area contributed by atoms with E-state index in [1.165, 1.54) is 0 Å². The van der Waals surface area contributed by atoms with Crippen LogP contribution in [0.15, 0.2) is 6.20 Å². The van der Waals surface area contributed by atoms with Gasteiger partial charge in [-0.3, -0.25) is 14.3 Å². The molecule has 1 unspecified atom stereocenters. The van der Waals surface area contributed by atoms with Crippen LogP contribution in [0.1, 0.15) is 36.3 Å². The lowest BCUT2D eigenvalue weighted by molar-refractivity contribution is -0.150. The topological polar surface area (TPSA) is 75.4 Å². The second-order valence-corrected chi connectivity index (χ2v) is 5.86. The number of carboxylic acids is 1. The number of nitrogens with zero attached hydrogens (tertiary/aromatic N) is 3. The summed E-state index contributed by atoms with van der Waals surface area (Å²) >= 11 is 0. The van der Waals surface area contributed by atoms with Crippen LogP contribution in [0.5, 0.6) is 0 Å². The monoisotopic (exact) mass is 279 g/mol. The highest BCUT2D eigenvalue weighted by Gasteiger charge is 2.48. The lowest BCUT2D eigenvalue weighted by Gasteiger charge is -2.28. The van der Waals surface area contributed by atoms with Gasteiger partial charge in [-0.15, -0.1) is 0 Å². The summed E-state index contributed by atoms with van der Waals surface area (Å²) in [5, 5.41) is 13.6. The van der Waals surface area contributed by atoms with Crippen LogP contribution in [-0.4, -0.2) is 44.8 Å². The number of carbonyl (C=O) groups excluding carboxylic acids is 1. The number of aryl methyl sites for hydroxylation is 1. The van der Waals surface area contributed by atoms with Crippen LogP contribution in [-0.2, 0) is 11.8 Å². The Hall–Kier alpha value is -1.85. The quantitative estimate of drug-likeness (QED) is 0.905. The summed E-state index contributed by atoms with van der Waals surface area (Å²) in [6.07, 6.45) is 2.05. The number of aliphatic carboxylic acids is 1. The first-order valence-corrected chi connectivity index (χ1v) is 6.81. The van der Waals surface area contributed by atoms with E-state index in [1.807, 2.05) is 20.8 Å². The molecule has 1 saturated heterocycles. The molecule has 20 heavy (non-hydrogen) atoms. The Balaban J connectivity index is 2.23. The minimum Gasteiger partial charge on any atom is -0.481 e. The fraction of sp³-hybridized carbons (Fsp3) is 0.643. The Bertz CT molecular complexity index is 550. The second-order valence-electron chi connectivity index (χ2n) is 5.86. The molecule has 0 saturated carbocycles. The van der Waals surface area contributed by atoms with Crippen molar-refractivity contribution in [3.05, 3.63) is 17.5 Å². The fourth-order valence-electron chi connectivity index (χ4n) is 2.78. The van der Waals surface area contributed by atoms with Crippen LogP contribution in [0.25, 0.3) is 0 Å². The van der Waals surface area contributed by atoms with Gasteiger partial charge in [0.05, 0.1) is 17.2 Å². The number of carbonyl (C=O) groups is 2. The molecular weight excluding hydrogens is 258 g/mol. The largest absolute Gasteiger partial charge is 0.481 e. The molecule has 0 bridgehead atoms. The Morgan fingerprint density at radius 1 is 1.45 bits per heavy atom. The van der Waals surface area contributed by atoms with Gasteiger partial charge in [-0.05, 0) is 19.3 Å². The third-order valence-corrected chi connectivity index (χ3v) is 4.58. The maximum absolute atomic E-state index is 12.5. The highest BCUT2D eigenvalue weighted by atomic mass is 16.4. The summed E-state index contributed by atoms with van der Waals surface area (Å²) in [7, 11) is 1.78. The zero-order chi connectivity index (χ0) is 15.1. The molecular formula is C14H21N3O3. The van der Waals surface area contributed by atoms with E-state index in [0.717, 1.165) is 5.69 Å². The van der Waals surface area contributed by atoms with Crippen LogP contribution in [0.3, 0.4) is 0 Å². The van der Waals surface area contributed by atoms with E-state index < -0.39 is 11.4 Å². The summed E-state index contributed by atoms with van der Waals surface area (Å²) in [6.45, 7) is 6.39. The molecule has 0 aromatic carbocycles. The molecule has 1 N–H and O–H groups in total. The lowest BCUT2D eigenvalue weighted by atomic mass is 9.76. The van der Waals surface area contributed by atoms with Gasteiger partial charge in [0.25, 0.3) is 5.91 Å². The molecule has 1 fully saturated rings. The smallest absolute Gasteiger partial charge is 0.311 e. The molecule has 1 amide bonds. The Morgan fingerprint density at radius 2 is 2.10 bits per heavy atom. The second kappa shape index (κ2) is 4.92. The lowest BCUT2D eigenvalue weighted by Crippen LogP contribution is -2.40. The molecule has 0 spiro atoms. The maximum atomic E-state index is 12.5. The molecule has 1 aliphatic heterocycles. The van der Waals surface area contributed by atoms with E-state index in [4.69, 9.17) is 0 Å². The molecule has 2 heterocycles. The first-order chi connectivity index (χ1) is 9.29. The van der Waals surface area contributed by atoms with Crippen molar-refractivity contribution >= 4 is 11.9 Å². The molecule has 0 aliphatic carbocycles. The summed E-state index contributed by atoms with van der Waals surface area (Å²) in [5.41, 5.74) is 0.524. The van der Waals surface area contributed by atoms with Gasteiger partial charge in [0.1, 0.15) is 0 Å². The SMILES string of the molecule is Cc1c(C(=O)N2CCC(C(=O)O)(C(C)C)C2)cnn1C. The van der Waals surface area contributed by atoms with Gasteiger partial charge >= 0.3 is 5.97 Å². The van der Waals surface area contributed by atoms with Crippen LogP contribution in [0, 0.1) is 18.3 Å². The van der Waals surface area contributed by atoms with Crippen molar-refractivity contribution in [3.63, 3.8) is 0 Å². The van der Waals surface area contributed by atoms with Crippen molar-refractivity contribution in [2.24, 2.45) is 18.4 Å². The number of aromatic nitrogens is 2. The minimum absolute atomic E-state index is 0.00667. The average Bonchev–Trinajstić information content (AvgIpc) is 2.96. The first-order valence-electron chi connectivity index (χ1n) is 6.81. The van der Waals surface area contributed by atoms with Gasteiger partial charge in [-0.2, -0.15) is 5.10 Å². The van der Waals surface area contributed by atoms with Gasteiger partial charge in [0.2, 0.25) is 0 Å². The zero-order valence-corrected chi connectivity index (χ0v) is 12.4. The molecule has 1 aliphatic rings. The van der Waals surface area contributed by atoms with Crippen LogP contribution < -0.4 is 0 Å². The highest BCUT2D eigenvalue weighted by molar-refractivity contribution is 5.95. The van der Waals surface area contributed by atoms with Gasteiger partial charge in [-0.25, -0.2) is 0 Å². The molecule has 2 rings (SSSR count). The van der Waals surface area contributed by atoms with Crippen molar-refractivity contribution in [1.29, 1.82) is 0 Å². The van der Waals surface area contributed by atoms with Crippen molar-refractivity contribution < 1.29 is 14.7 Å². The van der Waals surface area contributed by atoms with Crippen LogP contribution in [0.4, 0.5) is 0 Å². The average molecular weight is 279 g/mol. The molecule has 0 radical (unpaired) electrons. The molecule has 1 aromatic heterocycles. The van der Waals surface area contributed by atoms with Crippen molar-refractivity contribution in [2.45, 2.75) is 27.2 Å². The number of hydrogen-bond donors (Lipinski definition) is 1. The van der Waals surface area contributed by atoms with Gasteiger partial charge in [0.15, 0.2) is 0 Å².